The van der Waals surface area contributed by atoms with E-state index in [0.29, 0.717) is 0 Å². The van der Waals surface area contributed by atoms with Gasteiger partial charge in [0.2, 0.25) is 0 Å². The van der Waals surface area contributed by atoms with Gasteiger partial charge in [-0.05, 0) is 30.3 Å². The zero-order valence-electron chi connectivity index (χ0n) is 13.3. The molecule has 0 bridgehead atoms. The molecule has 2 aromatic carbocycles. The van der Waals surface area contributed by atoms with E-state index < -0.39 is 34.9 Å². The van der Waals surface area contributed by atoms with Crippen molar-refractivity contribution in [3.63, 3.8) is 0 Å². The van der Waals surface area contributed by atoms with Crippen molar-refractivity contribution in [2.75, 3.05) is 19.0 Å². The lowest BCUT2D eigenvalue weighted by Crippen LogP contribution is -2.20. The minimum absolute atomic E-state index is 0.0306. The highest BCUT2D eigenvalue weighted by atomic mass is 35.5. The van der Waals surface area contributed by atoms with Crippen molar-refractivity contribution in [1.82, 2.24) is 0 Å². The third kappa shape index (κ3) is 4.67. The number of hydrogen-bond donors (Lipinski definition) is 1. The van der Waals surface area contributed by atoms with Gasteiger partial charge in [-0.1, -0.05) is 11.6 Å². The van der Waals surface area contributed by atoms with Crippen LogP contribution in [0.5, 0.6) is 5.75 Å². The van der Waals surface area contributed by atoms with Crippen LogP contribution in [0.15, 0.2) is 36.4 Å². The number of amides is 1. The Morgan fingerprint density at radius 1 is 1.27 bits per heavy atom. The molecule has 0 radical (unpaired) electrons. The molecular formula is C16H12ClFN2O6. The molecule has 26 heavy (non-hydrogen) atoms. The van der Waals surface area contributed by atoms with Crippen LogP contribution in [0.3, 0.4) is 0 Å². The van der Waals surface area contributed by atoms with Gasteiger partial charge in [0.15, 0.2) is 12.4 Å². The number of methoxy groups -OCH3 is 1. The lowest BCUT2D eigenvalue weighted by molar-refractivity contribution is -0.385. The number of anilines is 1. The Labute approximate surface area is 151 Å². The highest BCUT2D eigenvalue weighted by Gasteiger charge is 2.20. The number of nitro groups is 1. The first kappa shape index (κ1) is 19.1. The second-order valence-electron chi connectivity index (χ2n) is 4.90. The topological polar surface area (TPSA) is 108 Å². The Morgan fingerprint density at radius 3 is 2.62 bits per heavy atom. The third-order valence-electron chi connectivity index (χ3n) is 3.14. The van der Waals surface area contributed by atoms with E-state index in [1.807, 2.05) is 0 Å². The predicted octanol–water partition coefficient (Wildman–Crippen LogP) is 3.19. The van der Waals surface area contributed by atoms with Gasteiger partial charge < -0.3 is 14.8 Å². The molecule has 10 heteroatoms. The maximum absolute atomic E-state index is 13.1. The Kier molecular flexibility index (Phi) is 6.07. The highest BCUT2D eigenvalue weighted by Crippen LogP contribution is 2.28. The summed E-state index contributed by atoms with van der Waals surface area (Å²) in [7, 11) is 1.14. The first-order chi connectivity index (χ1) is 12.3. The van der Waals surface area contributed by atoms with Crippen LogP contribution in [0, 0.1) is 15.9 Å². The molecule has 0 aromatic heterocycles. The first-order valence-corrected chi connectivity index (χ1v) is 7.44. The molecule has 0 saturated carbocycles. The van der Waals surface area contributed by atoms with Crippen LogP contribution in [-0.2, 0) is 9.53 Å². The molecule has 0 fully saturated rings. The Balaban J connectivity index is 2.08. The van der Waals surface area contributed by atoms with Gasteiger partial charge in [0.1, 0.15) is 5.82 Å². The minimum atomic E-state index is -0.751. The maximum atomic E-state index is 13.1. The third-order valence-corrected chi connectivity index (χ3v) is 3.43. The predicted molar refractivity (Wildman–Crippen MR) is 90.0 cm³/mol. The summed E-state index contributed by atoms with van der Waals surface area (Å²) in [6.45, 7) is -0.548. The summed E-state index contributed by atoms with van der Waals surface area (Å²) >= 11 is 5.61. The van der Waals surface area contributed by atoms with Crippen molar-refractivity contribution < 1.29 is 28.4 Å². The van der Waals surface area contributed by atoms with Gasteiger partial charge in [-0.15, -0.1) is 0 Å². The van der Waals surface area contributed by atoms with Crippen molar-refractivity contribution in [3.05, 3.63) is 62.9 Å². The molecule has 0 aliphatic rings. The number of ether oxygens (including phenoxy) is 2. The van der Waals surface area contributed by atoms with Gasteiger partial charge in [0, 0.05) is 11.8 Å². The van der Waals surface area contributed by atoms with Crippen molar-refractivity contribution in [3.8, 4) is 5.75 Å². The van der Waals surface area contributed by atoms with E-state index in [0.717, 1.165) is 19.2 Å². The largest absolute Gasteiger partial charge is 0.477 e. The van der Waals surface area contributed by atoms with Crippen LogP contribution in [0.1, 0.15) is 10.4 Å². The molecule has 0 saturated heterocycles. The summed E-state index contributed by atoms with van der Waals surface area (Å²) in [5.74, 6) is -2.22. The Bertz CT molecular complexity index is 874. The molecule has 0 unspecified atom stereocenters. The van der Waals surface area contributed by atoms with E-state index in [4.69, 9.17) is 16.3 Å². The molecule has 0 atom stereocenters. The summed E-state index contributed by atoms with van der Waals surface area (Å²) in [4.78, 5) is 33.7. The van der Waals surface area contributed by atoms with Crippen molar-refractivity contribution in [2.24, 2.45) is 0 Å². The fourth-order valence-corrected chi connectivity index (χ4v) is 2.12. The second kappa shape index (κ2) is 8.26. The summed E-state index contributed by atoms with van der Waals surface area (Å²) in [5.41, 5.74) is -0.289. The van der Waals surface area contributed by atoms with Crippen LogP contribution < -0.4 is 10.1 Å². The van der Waals surface area contributed by atoms with Crippen molar-refractivity contribution in [1.29, 1.82) is 0 Å². The van der Waals surface area contributed by atoms with Gasteiger partial charge in [-0.2, -0.15) is 0 Å². The molecule has 1 N–H and O–H groups in total. The number of benzene rings is 2. The number of halogens is 2. The summed E-state index contributed by atoms with van der Waals surface area (Å²) in [5, 5.41) is 13.4. The monoisotopic (exact) mass is 382 g/mol. The quantitative estimate of drug-likeness (QED) is 0.467. The number of nitrogens with zero attached hydrogens (tertiary/aromatic N) is 1. The van der Waals surface area contributed by atoms with Gasteiger partial charge in [-0.25, -0.2) is 9.18 Å². The van der Waals surface area contributed by atoms with Crippen LogP contribution in [0.4, 0.5) is 15.8 Å². The number of hydrogen-bond acceptors (Lipinski definition) is 6. The molecule has 0 aliphatic carbocycles. The molecule has 0 heterocycles. The normalized spacial score (nSPS) is 10.1. The molecule has 2 aromatic rings. The van der Waals surface area contributed by atoms with E-state index in [1.54, 1.807) is 0 Å². The van der Waals surface area contributed by atoms with Crippen molar-refractivity contribution in [2.45, 2.75) is 0 Å². The smallest absolute Gasteiger partial charge is 0.338 e. The van der Waals surface area contributed by atoms with Crippen LogP contribution in [-0.4, -0.2) is 30.5 Å². The van der Waals surface area contributed by atoms with Crippen LogP contribution >= 0.6 is 11.6 Å². The van der Waals surface area contributed by atoms with E-state index >= 15 is 0 Å². The Hall–Kier alpha value is -3.20. The number of nitro benzene ring substituents is 1. The van der Waals surface area contributed by atoms with Gasteiger partial charge in [0.05, 0.1) is 22.6 Å². The molecule has 2 rings (SSSR count). The first-order valence-electron chi connectivity index (χ1n) is 7.06. The second-order valence-corrected chi connectivity index (χ2v) is 5.30. The summed E-state index contributed by atoms with van der Waals surface area (Å²) in [6, 6.07) is 7.03. The Morgan fingerprint density at radius 2 is 2.00 bits per heavy atom. The van der Waals surface area contributed by atoms with Gasteiger partial charge in [-0.3, -0.25) is 14.9 Å². The summed E-state index contributed by atoms with van der Waals surface area (Å²) in [6.07, 6.45) is 0. The van der Waals surface area contributed by atoms with E-state index in [1.165, 1.54) is 24.3 Å². The highest BCUT2D eigenvalue weighted by molar-refractivity contribution is 6.31. The van der Waals surface area contributed by atoms with Gasteiger partial charge >= 0.3 is 11.7 Å². The average Bonchev–Trinajstić information content (AvgIpc) is 2.62. The molecule has 0 aliphatic heterocycles. The lowest BCUT2D eigenvalue weighted by Gasteiger charge is -2.09. The zero-order chi connectivity index (χ0) is 19.3. The van der Waals surface area contributed by atoms with Crippen LogP contribution in [0.2, 0.25) is 5.02 Å². The standard InChI is InChI=1S/C16H12ClFN2O6/c1-25-16(22)9-2-5-14(13(6-9)20(23)24)26-8-15(21)19-10-3-4-12(18)11(17)7-10/h2-7H,8H2,1H3,(H,19,21). The number of esters is 1. The fourth-order valence-electron chi connectivity index (χ4n) is 1.94. The maximum Gasteiger partial charge on any atom is 0.338 e. The van der Waals surface area contributed by atoms with Crippen LogP contribution in [0.25, 0.3) is 0 Å². The van der Waals surface area contributed by atoms with Crippen molar-refractivity contribution >= 4 is 34.9 Å². The number of carbonyl (C=O) groups excluding carboxylic acids is 2. The van der Waals surface area contributed by atoms with E-state index in [-0.39, 0.29) is 22.0 Å². The fraction of sp³-hybridized carbons (Fsp3) is 0.125. The number of nitrogens with one attached hydrogen (secondary N) is 1. The zero-order valence-corrected chi connectivity index (χ0v) is 14.1. The average molecular weight is 383 g/mol. The van der Waals surface area contributed by atoms with E-state index in [2.05, 4.69) is 10.1 Å². The molecule has 0 spiro atoms. The number of rotatable bonds is 6. The lowest BCUT2D eigenvalue weighted by atomic mass is 10.2. The molecule has 8 nitrogen and oxygen atoms in total. The summed E-state index contributed by atoms with van der Waals surface area (Å²) < 4.78 is 22.7. The molecule has 1 amide bonds. The van der Waals surface area contributed by atoms with E-state index in [9.17, 15) is 24.1 Å². The SMILES string of the molecule is COC(=O)c1ccc(OCC(=O)Nc2ccc(F)c(Cl)c2)c([N+](=O)[O-])c1. The molecular weight excluding hydrogens is 371 g/mol. The minimum Gasteiger partial charge on any atom is -0.477 e. The number of carbonyl (C=O) groups is 2. The molecule has 136 valence electrons. The van der Waals surface area contributed by atoms with Gasteiger partial charge in [0.25, 0.3) is 5.91 Å².